The summed E-state index contributed by atoms with van der Waals surface area (Å²) in [7, 11) is 1.62. The third kappa shape index (κ3) is 5.38. The molecule has 0 spiro atoms. The van der Waals surface area contributed by atoms with Crippen LogP contribution >= 0.6 is 16.8 Å². The lowest BCUT2D eigenvalue weighted by atomic mass is 10.00. The molecule has 124 valence electrons. The Bertz CT molecular complexity index is 561. The van der Waals surface area contributed by atoms with Crippen molar-refractivity contribution in [2.75, 3.05) is 24.4 Å². The number of carbonyl (C=O) groups is 1. The highest BCUT2D eigenvalue weighted by Gasteiger charge is 2.24. The number of carbonyl (C=O) groups excluding carboxylic acids is 1. The Morgan fingerprint density at radius 1 is 1.32 bits per heavy atom. The van der Waals surface area contributed by atoms with Crippen LogP contribution in [-0.2, 0) is 21.1 Å². The number of hydrogen-bond donors (Lipinski definition) is 0. The Labute approximate surface area is 143 Å². The van der Waals surface area contributed by atoms with E-state index in [0.717, 1.165) is 5.69 Å². The van der Waals surface area contributed by atoms with E-state index in [1.54, 1.807) is 7.11 Å². The van der Waals surface area contributed by atoms with Gasteiger partial charge in [0.25, 0.3) is 0 Å². The molecular formula is C16H26NO2PS2. The van der Waals surface area contributed by atoms with Crippen molar-refractivity contribution in [1.29, 1.82) is 0 Å². The molecule has 0 aliphatic heterocycles. The van der Waals surface area contributed by atoms with E-state index < -0.39 is 5.47 Å². The van der Waals surface area contributed by atoms with Gasteiger partial charge in [0, 0.05) is 18.8 Å². The molecule has 0 aromatic heterocycles. The summed E-state index contributed by atoms with van der Waals surface area (Å²) in [5, 5.41) is 0. The summed E-state index contributed by atoms with van der Waals surface area (Å²) in [6.45, 7) is 10.3. The van der Waals surface area contributed by atoms with Crippen LogP contribution < -0.4 is 4.90 Å². The normalized spacial score (nSPS) is 14.2. The molecule has 6 heteroatoms. The first-order chi connectivity index (χ1) is 10.2. The molecule has 22 heavy (non-hydrogen) atoms. The molecule has 1 unspecified atom stereocenters. The average Bonchev–Trinajstić information content (AvgIpc) is 2.45. The van der Waals surface area contributed by atoms with Crippen molar-refractivity contribution in [1.82, 2.24) is 0 Å². The molecule has 1 atom stereocenters. The summed E-state index contributed by atoms with van der Waals surface area (Å²) < 4.78 is 5.31. The standard InChI is InChI=1S/C16H26NO2PS2/c1-12(2)14-9-7-8-10-15(14)17(13(3)4)16(18)11-22-20(6,21)19-5/h7-10,12-13H,11H2,1-6H3. The number of hydrogen-bond acceptors (Lipinski definition) is 4. The second-order valence-corrected chi connectivity index (χ2v) is 13.9. The minimum absolute atomic E-state index is 0.0845. The lowest BCUT2D eigenvalue weighted by Crippen LogP contribution is -2.39. The quantitative estimate of drug-likeness (QED) is 0.650. The van der Waals surface area contributed by atoms with E-state index in [4.69, 9.17) is 16.3 Å². The van der Waals surface area contributed by atoms with Gasteiger partial charge in [0.1, 0.15) is 5.47 Å². The maximum atomic E-state index is 12.7. The number of para-hydroxylation sites is 1. The van der Waals surface area contributed by atoms with Crippen LogP contribution in [0.1, 0.15) is 39.2 Å². The van der Waals surface area contributed by atoms with E-state index in [9.17, 15) is 4.79 Å². The minimum atomic E-state index is -1.92. The van der Waals surface area contributed by atoms with Crippen molar-refractivity contribution in [2.45, 2.75) is 39.7 Å². The summed E-state index contributed by atoms with van der Waals surface area (Å²) in [5.41, 5.74) is 0.275. The summed E-state index contributed by atoms with van der Waals surface area (Å²) in [6.07, 6.45) is 0. The number of rotatable bonds is 7. The Kier molecular flexibility index (Phi) is 7.60. The molecule has 0 N–H and O–H groups in total. The van der Waals surface area contributed by atoms with Crippen molar-refractivity contribution in [3.05, 3.63) is 29.8 Å². The van der Waals surface area contributed by atoms with Crippen molar-refractivity contribution >= 4 is 40.2 Å². The monoisotopic (exact) mass is 359 g/mol. The molecule has 0 fully saturated rings. The highest BCUT2D eigenvalue weighted by molar-refractivity contribution is 8.69. The first-order valence-electron chi connectivity index (χ1n) is 7.38. The Morgan fingerprint density at radius 2 is 1.91 bits per heavy atom. The van der Waals surface area contributed by atoms with Gasteiger partial charge < -0.3 is 9.42 Å². The molecule has 3 nitrogen and oxygen atoms in total. The fraction of sp³-hybridized carbons (Fsp3) is 0.562. The SMILES string of the molecule is COP(C)(=S)SCC(=O)N(c1ccccc1C(C)C)C(C)C. The van der Waals surface area contributed by atoms with Gasteiger partial charge in [-0.15, -0.1) is 0 Å². The first-order valence-corrected chi connectivity index (χ1v) is 12.1. The molecule has 1 rings (SSSR count). The maximum absolute atomic E-state index is 12.7. The third-order valence-electron chi connectivity index (χ3n) is 3.36. The summed E-state index contributed by atoms with van der Waals surface area (Å²) in [5.74, 6) is 0.807. The predicted octanol–water partition coefficient (Wildman–Crippen LogP) is 4.87. The fourth-order valence-corrected chi connectivity index (χ4v) is 4.61. The Morgan fingerprint density at radius 3 is 2.41 bits per heavy atom. The van der Waals surface area contributed by atoms with Crippen molar-refractivity contribution in [2.24, 2.45) is 0 Å². The Hall–Kier alpha value is -0.350. The van der Waals surface area contributed by atoms with Crippen LogP contribution in [0.15, 0.2) is 24.3 Å². The zero-order valence-corrected chi connectivity index (χ0v) is 16.7. The molecule has 1 aromatic rings. The van der Waals surface area contributed by atoms with Crippen LogP contribution in [0.25, 0.3) is 0 Å². The molecule has 1 amide bonds. The lowest BCUT2D eigenvalue weighted by Gasteiger charge is -2.30. The molecule has 0 saturated heterocycles. The fourth-order valence-electron chi connectivity index (χ4n) is 2.19. The molecule has 0 aliphatic carbocycles. The Balaban J connectivity index is 3.05. The molecule has 0 bridgehead atoms. The van der Waals surface area contributed by atoms with Gasteiger partial charge in [-0.2, -0.15) is 0 Å². The zero-order valence-electron chi connectivity index (χ0n) is 14.2. The van der Waals surface area contributed by atoms with Crippen LogP contribution in [0.3, 0.4) is 0 Å². The third-order valence-corrected chi connectivity index (χ3v) is 8.50. The molecule has 0 aliphatic rings. The highest BCUT2D eigenvalue weighted by Crippen LogP contribution is 2.55. The van der Waals surface area contributed by atoms with Gasteiger partial charge in [0.15, 0.2) is 0 Å². The van der Waals surface area contributed by atoms with E-state index in [0.29, 0.717) is 11.7 Å². The number of benzene rings is 1. The lowest BCUT2D eigenvalue weighted by molar-refractivity contribution is -0.116. The van der Waals surface area contributed by atoms with Crippen molar-refractivity contribution in [3.63, 3.8) is 0 Å². The molecular weight excluding hydrogens is 333 g/mol. The van der Waals surface area contributed by atoms with Crippen LogP contribution in [0.5, 0.6) is 0 Å². The summed E-state index contributed by atoms with van der Waals surface area (Å²) in [6, 6.07) is 8.22. The highest BCUT2D eigenvalue weighted by atomic mass is 32.9. The summed E-state index contributed by atoms with van der Waals surface area (Å²) in [4.78, 5) is 14.6. The number of anilines is 1. The van der Waals surface area contributed by atoms with E-state index in [2.05, 4.69) is 19.9 Å². The van der Waals surface area contributed by atoms with Crippen molar-refractivity contribution < 1.29 is 9.32 Å². The van der Waals surface area contributed by atoms with Gasteiger partial charge in [-0.05, 0) is 38.1 Å². The molecule has 1 aromatic carbocycles. The summed E-state index contributed by atoms with van der Waals surface area (Å²) >= 11 is 6.83. The maximum Gasteiger partial charge on any atom is 0.237 e. The molecule has 0 radical (unpaired) electrons. The van der Waals surface area contributed by atoms with Crippen LogP contribution in [0, 0.1) is 0 Å². The largest absolute Gasteiger partial charge is 0.345 e. The first kappa shape index (κ1) is 19.7. The van der Waals surface area contributed by atoms with Gasteiger partial charge in [-0.3, -0.25) is 4.79 Å². The van der Waals surface area contributed by atoms with Gasteiger partial charge in [0.2, 0.25) is 5.91 Å². The van der Waals surface area contributed by atoms with Gasteiger partial charge in [-0.1, -0.05) is 55.2 Å². The van der Waals surface area contributed by atoms with Gasteiger partial charge in [0.05, 0.1) is 5.75 Å². The predicted molar refractivity (Wildman–Crippen MR) is 103 cm³/mol. The van der Waals surface area contributed by atoms with Gasteiger partial charge in [-0.25, -0.2) is 0 Å². The second-order valence-electron chi connectivity index (χ2n) is 5.80. The number of nitrogens with zero attached hydrogens (tertiary/aromatic N) is 1. The topological polar surface area (TPSA) is 29.5 Å². The van der Waals surface area contributed by atoms with E-state index >= 15 is 0 Å². The van der Waals surface area contributed by atoms with Crippen LogP contribution in [0.4, 0.5) is 5.69 Å². The van der Waals surface area contributed by atoms with E-state index in [-0.39, 0.29) is 11.9 Å². The van der Waals surface area contributed by atoms with Crippen molar-refractivity contribution in [3.8, 4) is 0 Å². The van der Waals surface area contributed by atoms with E-state index in [1.807, 2.05) is 43.6 Å². The number of amides is 1. The average molecular weight is 359 g/mol. The van der Waals surface area contributed by atoms with Crippen LogP contribution in [0.2, 0.25) is 0 Å². The molecule has 0 heterocycles. The van der Waals surface area contributed by atoms with Crippen LogP contribution in [-0.4, -0.2) is 31.5 Å². The minimum Gasteiger partial charge on any atom is -0.345 e. The second kappa shape index (κ2) is 8.49. The smallest absolute Gasteiger partial charge is 0.237 e. The van der Waals surface area contributed by atoms with Gasteiger partial charge >= 0.3 is 0 Å². The zero-order chi connectivity index (χ0) is 16.9. The molecule has 0 saturated carbocycles. The van der Waals surface area contributed by atoms with E-state index in [1.165, 1.54) is 16.9 Å².